The van der Waals surface area contributed by atoms with E-state index in [4.69, 9.17) is 34.2 Å². The van der Waals surface area contributed by atoms with Crippen molar-refractivity contribution in [3.63, 3.8) is 0 Å². The third-order valence-electron chi connectivity index (χ3n) is 8.64. The molecule has 0 saturated carbocycles. The van der Waals surface area contributed by atoms with Gasteiger partial charge < -0.3 is 70.5 Å². The lowest BCUT2D eigenvalue weighted by Crippen LogP contribution is -2.45. The lowest BCUT2D eigenvalue weighted by Gasteiger charge is -2.31. The maximum atomic E-state index is 11.3. The number of hydrogen-bond acceptors (Lipinski definition) is 16. The molecule has 2 saturated heterocycles. The molecule has 2 aromatic rings. The molecule has 2 aromatic heterocycles. The van der Waals surface area contributed by atoms with E-state index in [-0.39, 0.29) is 31.9 Å². The predicted molar refractivity (Wildman–Crippen MR) is 162 cm³/mol. The van der Waals surface area contributed by atoms with Crippen molar-refractivity contribution in [1.82, 2.24) is 24.4 Å². The number of aromatic nitrogens is 4. The molecule has 4 aliphatic heterocycles. The fourth-order valence-corrected chi connectivity index (χ4v) is 6.15. The number of guanidine groups is 2. The van der Waals surface area contributed by atoms with Gasteiger partial charge in [-0.15, -0.1) is 0 Å². The number of imidazole rings is 2. The first-order chi connectivity index (χ1) is 22.4. The van der Waals surface area contributed by atoms with Crippen LogP contribution in [0.4, 0.5) is 11.6 Å². The van der Waals surface area contributed by atoms with Gasteiger partial charge in [0.15, 0.2) is 30.9 Å². The SMILES string of the molecule is CCOC1N=C(N)Nc2c1ncn2[C@@H]1O[C@H](COCN=C2Nc3c(ncn3[C@@H]3O[C@H](COC)[C@@H](O)[C@@]3(C)O)C(OC)N2)[C@@H](O)[C@@]1(C)O. The molecule has 20 heteroatoms. The molecular weight excluding hydrogens is 624 g/mol. The summed E-state index contributed by atoms with van der Waals surface area (Å²) >= 11 is 0. The first-order valence-electron chi connectivity index (χ1n) is 15.1. The molecule has 10 atom stereocenters. The van der Waals surface area contributed by atoms with Crippen LogP contribution in [0.15, 0.2) is 22.6 Å². The van der Waals surface area contributed by atoms with E-state index in [1.807, 2.05) is 6.92 Å². The highest BCUT2D eigenvalue weighted by Crippen LogP contribution is 2.43. The zero-order valence-electron chi connectivity index (χ0n) is 26.6. The molecule has 0 amide bonds. The second kappa shape index (κ2) is 12.9. The van der Waals surface area contributed by atoms with E-state index in [2.05, 4.69) is 35.9 Å². The Balaban J connectivity index is 1.12. The van der Waals surface area contributed by atoms with Crippen LogP contribution in [-0.2, 0) is 28.4 Å². The van der Waals surface area contributed by atoms with E-state index in [1.54, 1.807) is 4.57 Å². The number of methoxy groups -OCH3 is 2. The van der Waals surface area contributed by atoms with Gasteiger partial charge in [0.05, 0.1) is 25.9 Å². The van der Waals surface area contributed by atoms with Gasteiger partial charge in [-0.2, -0.15) is 0 Å². The molecule has 6 heterocycles. The molecule has 6 rings (SSSR count). The van der Waals surface area contributed by atoms with Crippen molar-refractivity contribution in [1.29, 1.82) is 0 Å². The largest absolute Gasteiger partial charge is 0.387 e. The summed E-state index contributed by atoms with van der Waals surface area (Å²) in [6, 6.07) is 0. The standard InChI is InChI=1S/C27H42N10O10/c1-6-45-21-15-18(32-24(28)34-21)36(10-30-15)22-27(3,41)17(39)13(47-22)8-44-11-31-25-33-19-14(20(35-25)43-5)29-9-37(19)23-26(2,40)16(38)12(46-23)7-42-4/h9-10,12-13,16-17,20-23,38-41H,6-8,11H2,1-5H3,(H3,28,32,34)(H2,31,33,35)/t12-,13-,16-,17-,20?,21?,22-,23-,26-,27-/m1/s1. The molecule has 47 heavy (non-hydrogen) atoms. The Labute approximate surface area is 269 Å². The zero-order valence-corrected chi connectivity index (χ0v) is 26.6. The van der Waals surface area contributed by atoms with Crippen molar-refractivity contribution in [3.8, 4) is 0 Å². The topological polar surface area (TPSA) is 259 Å². The van der Waals surface area contributed by atoms with Crippen LogP contribution in [0.1, 0.15) is 57.1 Å². The van der Waals surface area contributed by atoms with Gasteiger partial charge in [0.1, 0.15) is 65.4 Å². The number of aliphatic hydroxyl groups excluding tert-OH is 2. The summed E-state index contributed by atoms with van der Waals surface area (Å²) in [6.07, 6.45) is -4.77. The number of fused-ring (bicyclic) bond motifs is 2. The second-order valence-corrected chi connectivity index (χ2v) is 12.0. The number of aliphatic hydroxyl groups is 4. The minimum atomic E-state index is -1.73. The summed E-state index contributed by atoms with van der Waals surface area (Å²) < 4.78 is 37.2. The van der Waals surface area contributed by atoms with Crippen molar-refractivity contribution in [2.75, 3.05) is 51.4 Å². The fraction of sp³-hybridized carbons (Fsp3) is 0.704. The maximum Gasteiger partial charge on any atom is 0.201 e. The predicted octanol–water partition coefficient (Wildman–Crippen LogP) is -1.79. The van der Waals surface area contributed by atoms with E-state index >= 15 is 0 Å². The number of ether oxygens (including phenoxy) is 6. The van der Waals surface area contributed by atoms with E-state index < -0.39 is 60.5 Å². The maximum absolute atomic E-state index is 11.3. The number of nitrogens with one attached hydrogen (secondary N) is 3. The van der Waals surface area contributed by atoms with Crippen molar-refractivity contribution < 1.29 is 48.8 Å². The van der Waals surface area contributed by atoms with Gasteiger partial charge in [-0.1, -0.05) is 0 Å². The molecule has 4 aliphatic rings. The third-order valence-corrected chi connectivity index (χ3v) is 8.64. The Bertz CT molecular complexity index is 1490. The molecule has 0 aliphatic carbocycles. The summed E-state index contributed by atoms with van der Waals surface area (Å²) in [7, 11) is 2.97. The van der Waals surface area contributed by atoms with Crippen molar-refractivity contribution in [3.05, 3.63) is 24.0 Å². The first-order valence-corrected chi connectivity index (χ1v) is 15.1. The van der Waals surface area contributed by atoms with Gasteiger partial charge in [0.25, 0.3) is 0 Å². The van der Waals surface area contributed by atoms with Crippen LogP contribution in [0, 0.1) is 0 Å². The molecule has 0 aromatic carbocycles. The summed E-state index contributed by atoms with van der Waals surface area (Å²) in [5, 5.41) is 53.2. The molecule has 0 spiro atoms. The monoisotopic (exact) mass is 666 g/mol. The molecule has 20 nitrogen and oxygen atoms in total. The van der Waals surface area contributed by atoms with Crippen molar-refractivity contribution in [2.24, 2.45) is 15.7 Å². The van der Waals surface area contributed by atoms with Crippen LogP contribution in [0.5, 0.6) is 0 Å². The lowest BCUT2D eigenvalue weighted by molar-refractivity contribution is -0.0970. The number of hydrogen-bond donors (Lipinski definition) is 8. The van der Waals surface area contributed by atoms with Gasteiger partial charge in [-0.25, -0.2) is 20.0 Å². The minimum Gasteiger partial charge on any atom is -0.387 e. The Morgan fingerprint density at radius 3 is 2.15 bits per heavy atom. The molecule has 2 unspecified atom stereocenters. The number of anilines is 2. The Hall–Kier alpha value is -3.44. The van der Waals surface area contributed by atoms with Crippen molar-refractivity contribution in [2.45, 2.75) is 81.3 Å². The molecule has 0 bridgehead atoms. The van der Waals surface area contributed by atoms with Gasteiger partial charge in [-0.3, -0.25) is 9.13 Å². The van der Waals surface area contributed by atoms with Gasteiger partial charge in [0.2, 0.25) is 5.96 Å². The number of aliphatic imine (C=N–C) groups is 2. The van der Waals surface area contributed by atoms with Crippen LogP contribution < -0.4 is 21.7 Å². The van der Waals surface area contributed by atoms with Gasteiger partial charge in [0, 0.05) is 20.8 Å². The second-order valence-electron chi connectivity index (χ2n) is 12.0. The Morgan fingerprint density at radius 1 is 0.957 bits per heavy atom. The highest BCUT2D eigenvalue weighted by Gasteiger charge is 2.55. The van der Waals surface area contributed by atoms with Crippen LogP contribution >= 0.6 is 0 Å². The van der Waals surface area contributed by atoms with Gasteiger partial charge >= 0.3 is 0 Å². The van der Waals surface area contributed by atoms with Crippen LogP contribution in [0.3, 0.4) is 0 Å². The average molecular weight is 667 g/mol. The molecule has 260 valence electrons. The first kappa shape index (κ1) is 33.5. The van der Waals surface area contributed by atoms with Crippen LogP contribution in [0.2, 0.25) is 0 Å². The number of rotatable bonds is 11. The smallest absolute Gasteiger partial charge is 0.201 e. The zero-order chi connectivity index (χ0) is 33.7. The lowest BCUT2D eigenvalue weighted by atomic mass is 9.96. The molecule has 2 fully saturated rings. The Morgan fingerprint density at radius 2 is 1.55 bits per heavy atom. The molecule has 9 N–H and O–H groups in total. The Kier molecular flexibility index (Phi) is 9.17. The van der Waals surface area contributed by atoms with Gasteiger partial charge in [-0.05, 0) is 20.8 Å². The summed E-state index contributed by atoms with van der Waals surface area (Å²) in [6.45, 7) is 4.93. The molecule has 0 radical (unpaired) electrons. The van der Waals surface area contributed by atoms with E-state index in [0.29, 0.717) is 29.6 Å². The number of nitrogens with two attached hydrogens (primary N) is 1. The van der Waals surface area contributed by atoms with E-state index in [9.17, 15) is 20.4 Å². The average Bonchev–Trinajstić information content (AvgIpc) is 3.75. The fourth-order valence-electron chi connectivity index (χ4n) is 6.15. The number of nitrogens with zero attached hydrogens (tertiary/aromatic N) is 6. The van der Waals surface area contributed by atoms with E-state index in [0.717, 1.165) is 0 Å². The van der Waals surface area contributed by atoms with Crippen molar-refractivity contribution >= 4 is 23.6 Å². The normalized spacial score (nSPS) is 37.2. The highest BCUT2D eigenvalue weighted by molar-refractivity contribution is 5.95. The summed E-state index contributed by atoms with van der Waals surface area (Å²) in [5.41, 5.74) is 3.50. The summed E-state index contributed by atoms with van der Waals surface area (Å²) in [5.74, 6) is 1.22. The highest BCUT2D eigenvalue weighted by atomic mass is 16.6. The summed E-state index contributed by atoms with van der Waals surface area (Å²) in [4.78, 5) is 17.4. The minimum absolute atomic E-state index is 0.0826. The van der Waals surface area contributed by atoms with Crippen LogP contribution in [-0.4, -0.2) is 128 Å². The van der Waals surface area contributed by atoms with E-state index in [1.165, 1.54) is 45.3 Å². The van der Waals surface area contributed by atoms with Crippen LogP contribution in [0.25, 0.3) is 0 Å². The third kappa shape index (κ3) is 5.83. The molecular formula is C27H42N10O10. The quantitative estimate of drug-likeness (QED) is 0.123.